The van der Waals surface area contributed by atoms with E-state index < -0.39 is 0 Å². The fourth-order valence-corrected chi connectivity index (χ4v) is 1.97. The molecule has 0 radical (unpaired) electrons. The third-order valence-corrected chi connectivity index (χ3v) is 3.10. The van der Waals surface area contributed by atoms with Crippen LogP contribution in [0.5, 0.6) is 0 Å². The molecule has 0 spiro atoms. The minimum absolute atomic E-state index is 0.719. The van der Waals surface area contributed by atoms with E-state index in [1.807, 2.05) is 37.4 Å². The molecule has 3 nitrogen and oxygen atoms in total. The van der Waals surface area contributed by atoms with E-state index >= 15 is 0 Å². The summed E-state index contributed by atoms with van der Waals surface area (Å²) in [5, 5.41) is 12.2. The van der Waals surface area contributed by atoms with Gasteiger partial charge in [-0.05, 0) is 54.8 Å². The summed E-state index contributed by atoms with van der Waals surface area (Å²) in [5.74, 6) is 0. The minimum atomic E-state index is 0.719. The van der Waals surface area contributed by atoms with Crippen LogP contribution in [-0.4, -0.2) is 11.5 Å². The summed E-state index contributed by atoms with van der Waals surface area (Å²) in [7, 11) is 0. The number of nitrogens with zero attached hydrogens (tertiary/aromatic N) is 2. The quantitative estimate of drug-likeness (QED) is 0.831. The molecule has 0 aliphatic heterocycles. The number of benzene rings is 1. The van der Waals surface area contributed by atoms with Crippen molar-refractivity contribution in [1.82, 2.24) is 10.3 Å². The van der Waals surface area contributed by atoms with Gasteiger partial charge in [0.15, 0.2) is 0 Å². The van der Waals surface area contributed by atoms with Crippen LogP contribution in [-0.2, 0) is 13.0 Å². The van der Waals surface area contributed by atoms with Gasteiger partial charge in [0.05, 0.1) is 11.6 Å². The van der Waals surface area contributed by atoms with E-state index in [0.717, 1.165) is 30.6 Å². The molecule has 0 atom stereocenters. The molecular weight excluding hydrogens is 234 g/mol. The Kier molecular flexibility index (Phi) is 4.66. The van der Waals surface area contributed by atoms with Gasteiger partial charge in [-0.2, -0.15) is 5.26 Å². The average molecular weight is 251 g/mol. The van der Waals surface area contributed by atoms with E-state index in [1.165, 1.54) is 11.1 Å². The Morgan fingerprint density at radius 1 is 1.32 bits per heavy atom. The van der Waals surface area contributed by atoms with Crippen molar-refractivity contribution in [2.75, 3.05) is 6.54 Å². The molecular formula is C16H17N3. The van der Waals surface area contributed by atoms with Gasteiger partial charge in [-0.1, -0.05) is 12.1 Å². The van der Waals surface area contributed by atoms with Gasteiger partial charge < -0.3 is 5.32 Å². The lowest BCUT2D eigenvalue weighted by Gasteiger charge is -2.08. The van der Waals surface area contributed by atoms with Gasteiger partial charge in [0.2, 0.25) is 0 Å². The molecule has 1 aromatic heterocycles. The second-order valence-corrected chi connectivity index (χ2v) is 4.54. The zero-order valence-corrected chi connectivity index (χ0v) is 11.1. The minimum Gasteiger partial charge on any atom is -0.312 e. The summed E-state index contributed by atoms with van der Waals surface area (Å²) in [4.78, 5) is 4.10. The largest absolute Gasteiger partial charge is 0.312 e. The molecule has 1 N–H and O–H groups in total. The highest BCUT2D eigenvalue weighted by molar-refractivity contribution is 5.37. The zero-order chi connectivity index (χ0) is 13.5. The molecule has 0 fully saturated rings. The van der Waals surface area contributed by atoms with Crippen LogP contribution in [0.2, 0.25) is 0 Å². The Bertz CT molecular complexity index is 570. The van der Waals surface area contributed by atoms with Crippen molar-refractivity contribution >= 4 is 0 Å². The first-order valence-corrected chi connectivity index (χ1v) is 6.39. The molecule has 0 saturated carbocycles. The molecule has 2 rings (SSSR count). The highest BCUT2D eigenvalue weighted by Crippen LogP contribution is 2.10. The van der Waals surface area contributed by atoms with Crippen LogP contribution in [0.4, 0.5) is 0 Å². The Hall–Kier alpha value is -2.18. The third-order valence-electron chi connectivity index (χ3n) is 3.10. The summed E-state index contributed by atoms with van der Waals surface area (Å²) in [6, 6.07) is 12.0. The van der Waals surface area contributed by atoms with Crippen LogP contribution >= 0.6 is 0 Å². The summed E-state index contributed by atoms with van der Waals surface area (Å²) in [5.41, 5.74) is 4.36. The molecule has 1 heterocycles. The summed E-state index contributed by atoms with van der Waals surface area (Å²) >= 11 is 0. The lowest BCUT2D eigenvalue weighted by atomic mass is 10.1. The van der Waals surface area contributed by atoms with Gasteiger partial charge >= 0.3 is 0 Å². The van der Waals surface area contributed by atoms with E-state index in [2.05, 4.69) is 22.4 Å². The molecule has 0 saturated heterocycles. The fourth-order valence-electron chi connectivity index (χ4n) is 1.97. The fraction of sp³-hybridized carbons (Fsp3) is 0.250. The lowest BCUT2D eigenvalue weighted by Crippen LogP contribution is -2.17. The number of rotatable bonds is 5. The number of aromatic nitrogens is 1. The van der Waals surface area contributed by atoms with E-state index in [-0.39, 0.29) is 0 Å². The van der Waals surface area contributed by atoms with E-state index in [0.29, 0.717) is 0 Å². The Balaban J connectivity index is 1.82. The van der Waals surface area contributed by atoms with Crippen molar-refractivity contribution in [2.45, 2.75) is 19.9 Å². The summed E-state index contributed by atoms with van der Waals surface area (Å²) < 4.78 is 0. The zero-order valence-electron chi connectivity index (χ0n) is 11.1. The highest BCUT2D eigenvalue weighted by atomic mass is 14.8. The van der Waals surface area contributed by atoms with Gasteiger partial charge in [-0.3, -0.25) is 4.98 Å². The summed E-state index contributed by atoms with van der Waals surface area (Å²) in [6.07, 6.45) is 4.66. The van der Waals surface area contributed by atoms with Crippen molar-refractivity contribution in [2.24, 2.45) is 0 Å². The molecule has 2 aromatic rings. The second kappa shape index (κ2) is 6.67. The van der Waals surface area contributed by atoms with Crippen LogP contribution in [0.15, 0.2) is 42.7 Å². The van der Waals surface area contributed by atoms with E-state index in [9.17, 15) is 0 Å². The molecule has 0 aliphatic rings. The van der Waals surface area contributed by atoms with Crippen molar-refractivity contribution in [1.29, 1.82) is 5.26 Å². The first-order chi connectivity index (χ1) is 9.29. The number of aryl methyl sites for hydroxylation is 1. The number of nitrogens with one attached hydrogen (secondary N) is 1. The topological polar surface area (TPSA) is 48.7 Å². The standard InChI is InChI=1S/C16H17N3/c1-13-9-15(10-17)4-5-16(13)12-19-8-6-14-3-2-7-18-11-14/h2-5,7,9,11,19H,6,8,12H2,1H3. The van der Waals surface area contributed by atoms with Crippen molar-refractivity contribution < 1.29 is 0 Å². The number of hydrogen-bond acceptors (Lipinski definition) is 3. The highest BCUT2D eigenvalue weighted by Gasteiger charge is 2.00. The van der Waals surface area contributed by atoms with Crippen LogP contribution in [0.1, 0.15) is 22.3 Å². The second-order valence-electron chi connectivity index (χ2n) is 4.54. The molecule has 1 aromatic carbocycles. The van der Waals surface area contributed by atoms with Gasteiger partial charge in [0.25, 0.3) is 0 Å². The molecule has 3 heteroatoms. The predicted molar refractivity (Wildman–Crippen MR) is 75.5 cm³/mol. The predicted octanol–water partition coefficient (Wildman–Crippen LogP) is 2.59. The average Bonchev–Trinajstić information content (AvgIpc) is 2.46. The smallest absolute Gasteiger partial charge is 0.0991 e. The van der Waals surface area contributed by atoms with Gasteiger partial charge in [-0.15, -0.1) is 0 Å². The third kappa shape index (κ3) is 3.90. The first kappa shape index (κ1) is 13.3. The maximum absolute atomic E-state index is 8.82. The van der Waals surface area contributed by atoms with Crippen LogP contribution in [0.25, 0.3) is 0 Å². The molecule has 96 valence electrons. The van der Waals surface area contributed by atoms with Crippen LogP contribution in [0, 0.1) is 18.3 Å². The molecule has 19 heavy (non-hydrogen) atoms. The van der Waals surface area contributed by atoms with Crippen molar-refractivity contribution in [3.05, 3.63) is 65.0 Å². The lowest BCUT2D eigenvalue weighted by molar-refractivity contribution is 0.683. The van der Waals surface area contributed by atoms with Crippen LogP contribution in [0.3, 0.4) is 0 Å². The number of nitriles is 1. The maximum Gasteiger partial charge on any atom is 0.0991 e. The van der Waals surface area contributed by atoms with E-state index in [4.69, 9.17) is 5.26 Å². The SMILES string of the molecule is Cc1cc(C#N)ccc1CNCCc1cccnc1. The van der Waals surface area contributed by atoms with Gasteiger partial charge in [0.1, 0.15) is 0 Å². The number of hydrogen-bond donors (Lipinski definition) is 1. The van der Waals surface area contributed by atoms with Crippen LogP contribution < -0.4 is 5.32 Å². The van der Waals surface area contributed by atoms with Gasteiger partial charge in [0, 0.05) is 18.9 Å². The molecule has 0 bridgehead atoms. The Morgan fingerprint density at radius 3 is 2.89 bits per heavy atom. The number of pyridine rings is 1. The van der Waals surface area contributed by atoms with Crippen molar-refractivity contribution in [3.63, 3.8) is 0 Å². The Morgan fingerprint density at radius 2 is 2.21 bits per heavy atom. The Labute approximate surface area is 113 Å². The normalized spacial score (nSPS) is 10.1. The summed E-state index contributed by atoms with van der Waals surface area (Å²) in [6.45, 7) is 3.79. The van der Waals surface area contributed by atoms with E-state index in [1.54, 1.807) is 6.20 Å². The van der Waals surface area contributed by atoms with Crippen molar-refractivity contribution in [3.8, 4) is 6.07 Å². The molecule has 0 amide bonds. The molecule has 0 aliphatic carbocycles. The van der Waals surface area contributed by atoms with Gasteiger partial charge in [-0.25, -0.2) is 0 Å². The maximum atomic E-state index is 8.82. The molecule has 0 unspecified atom stereocenters. The first-order valence-electron chi connectivity index (χ1n) is 6.39. The monoisotopic (exact) mass is 251 g/mol.